The smallest absolute Gasteiger partial charge is 0.142 e. The minimum Gasteiger partial charge on any atom is -0.310 e. The number of hydrogen-bond donors (Lipinski definition) is 1. The quantitative estimate of drug-likeness (QED) is 0.858. The predicted octanol–water partition coefficient (Wildman–Crippen LogP) is 4.64. The average Bonchev–Trinajstić information content (AvgIpc) is 2.33. The summed E-state index contributed by atoms with van der Waals surface area (Å²) < 4.78 is 0. The van der Waals surface area contributed by atoms with Gasteiger partial charge in [-0.25, -0.2) is 0 Å². The number of hydrogen-bond acceptors (Lipinski definition) is 2. The van der Waals surface area contributed by atoms with Crippen molar-refractivity contribution in [1.29, 1.82) is 0 Å². The molecule has 124 valence electrons. The maximum Gasteiger partial charge on any atom is 0.142 e. The van der Waals surface area contributed by atoms with E-state index in [2.05, 4.69) is 58.1 Å². The molecule has 0 aliphatic heterocycles. The fourth-order valence-corrected chi connectivity index (χ4v) is 2.40. The number of carbonyl (C=O) groups is 1. The van der Waals surface area contributed by atoms with Crippen LogP contribution in [0.2, 0.25) is 0 Å². The van der Waals surface area contributed by atoms with E-state index in [4.69, 9.17) is 0 Å². The molecule has 22 heavy (non-hydrogen) atoms. The Kier molecular flexibility index (Phi) is 5.97. The second kappa shape index (κ2) is 6.95. The Morgan fingerprint density at radius 3 is 2.14 bits per heavy atom. The van der Waals surface area contributed by atoms with Crippen molar-refractivity contribution in [3.05, 3.63) is 34.9 Å². The van der Waals surface area contributed by atoms with Gasteiger partial charge in [0, 0.05) is 24.4 Å². The van der Waals surface area contributed by atoms with Crippen LogP contribution in [0.25, 0.3) is 0 Å². The van der Waals surface area contributed by atoms with E-state index in [1.54, 1.807) is 0 Å². The van der Waals surface area contributed by atoms with Gasteiger partial charge in [-0.3, -0.25) is 4.79 Å². The third kappa shape index (κ3) is 5.57. The fraction of sp³-hybridized carbons (Fsp3) is 0.650. The van der Waals surface area contributed by atoms with Crippen molar-refractivity contribution in [3.8, 4) is 0 Å². The van der Waals surface area contributed by atoms with Crippen LogP contribution < -0.4 is 5.32 Å². The normalized spacial score (nSPS) is 12.8. The van der Waals surface area contributed by atoms with Crippen molar-refractivity contribution in [2.45, 2.75) is 79.8 Å². The summed E-state index contributed by atoms with van der Waals surface area (Å²) >= 11 is 0. The van der Waals surface area contributed by atoms with Crippen LogP contribution in [0.5, 0.6) is 0 Å². The minimum absolute atomic E-state index is 0.112. The molecule has 0 aliphatic rings. The van der Waals surface area contributed by atoms with Gasteiger partial charge in [-0.05, 0) is 22.1 Å². The molecule has 0 radical (unpaired) electrons. The van der Waals surface area contributed by atoms with Gasteiger partial charge in [0.05, 0.1) is 0 Å². The highest BCUT2D eigenvalue weighted by Gasteiger charge is 2.23. The van der Waals surface area contributed by atoms with Crippen LogP contribution in [0.15, 0.2) is 18.2 Å². The Balaban J connectivity index is 3.08. The molecular weight excluding hydrogens is 270 g/mol. The van der Waals surface area contributed by atoms with E-state index in [-0.39, 0.29) is 10.8 Å². The Morgan fingerprint density at radius 1 is 1.09 bits per heavy atom. The highest BCUT2D eigenvalue weighted by atomic mass is 16.1. The predicted molar refractivity (Wildman–Crippen MR) is 95.3 cm³/mol. The average molecular weight is 303 g/mol. The monoisotopic (exact) mass is 303 g/mol. The second-order valence-corrected chi connectivity index (χ2v) is 8.63. The van der Waals surface area contributed by atoms with E-state index in [1.807, 2.05) is 20.8 Å². The van der Waals surface area contributed by atoms with Crippen LogP contribution in [-0.2, 0) is 23.2 Å². The third-order valence-corrected chi connectivity index (χ3v) is 3.88. The molecule has 1 aromatic carbocycles. The summed E-state index contributed by atoms with van der Waals surface area (Å²) in [6.45, 7) is 17.8. The van der Waals surface area contributed by atoms with Gasteiger partial charge in [0.2, 0.25) is 0 Å². The first kappa shape index (κ1) is 18.9. The van der Waals surface area contributed by atoms with E-state index in [9.17, 15) is 4.79 Å². The van der Waals surface area contributed by atoms with Crippen molar-refractivity contribution in [3.63, 3.8) is 0 Å². The summed E-state index contributed by atoms with van der Waals surface area (Å²) in [5, 5.41) is 3.50. The molecule has 0 bridgehead atoms. The van der Waals surface area contributed by atoms with Gasteiger partial charge in [0.15, 0.2) is 0 Å². The lowest BCUT2D eigenvalue weighted by Crippen LogP contribution is -2.25. The zero-order valence-corrected chi connectivity index (χ0v) is 15.6. The van der Waals surface area contributed by atoms with Gasteiger partial charge < -0.3 is 5.32 Å². The Hall–Kier alpha value is -1.15. The number of carbonyl (C=O) groups excluding carboxylic acids is 1. The molecule has 1 rings (SSSR count). The van der Waals surface area contributed by atoms with Gasteiger partial charge in [-0.1, -0.05) is 73.6 Å². The second-order valence-electron chi connectivity index (χ2n) is 8.63. The highest BCUT2D eigenvalue weighted by molar-refractivity contribution is 5.85. The summed E-state index contributed by atoms with van der Waals surface area (Å²) in [5.74, 6) is 0.291. The molecule has 0 saturated carbocycles. The van der Waals surface area contributed by atoms with Gasteiger partial charge in [-0.2, -0.15) is 0 Å². The molecule has 0 aliphatic carbocycles. The van der Waals surface area contributed by atoms with Crippen LogP contribution in [0.3, 0.4) is 0 Å². The van der Waals surface area contributed by atoms with E-state index in [0.717, 1.165) is 12.1 Å². The molecule has 1 aromatic rings. The summed E-state index contributed by atoms with van der Waals surface area (Å²) in [6.07, 6.45) is 0.516. The lowest BCUT2D eigenvalue weighted by atomic mass is 9.81. The molecule has 0 heterocycles. The maximum absolute atomic E-state index is 12.3. The largest absolute Gasteiger partial charge is 0.310 e. The Bertz CT molecular complexity index is 515. The maximum atomic E-state index is 12.3. The number of nitrogens with one attached hydrogen (secondary N) is 1. The van der Waals surface area contributed by atoms with E-state index in [1.165, 1.54) is 11.1 Å². The van der Waals surface area contributed by atoms with E-state index < -0.39 is 0 Å². The van der Waals surface area contributed by atoms with Crippen LogP contribution >= 0.6 is 0 Å². The molecule has 0 fully saturated rings. The summed E-state index contributed by atoms with van der Waals surface area (Å²) in [4.78, 5) is 12.3. The van der Waals surface area contributed by atoms with E-state index in [0.29, 0.717) is 18.2 Å². The van der Waals surface area contributed by atoms with Crippen molar-refractivity contribution in [1.82, 2.24) is 5.32 Å². The first-order valence-corrected chi connectivity index (χ1v) is 8.30. The molecule has 1 N–H and O–H groups in total. The first-order valence-electron chi connectivity index (χ1n) is 8.30. The molecule has 2 nitrogen and oxygen atoms in total. The van der Waals surface area contributed by atoms with Crippen molar-refractivity contribution in [2.75, 3.05) is 0 Å². The summed E-state index contributed by atoms with van der Waals surface area (Å²) in [7, 11) is 0. The van der Waals surface area contributed by atoms with Crippen LogP contribution in [0, 0.1) is 5.41 Å². The molecule has 0 atom stereocenters. The standard InChI is InChI=1S/C20H33NO/c1-14(2)21-13-16-11-15(12-18(22)20(6,7)8)9-10-17(16)19(3,4)5/h9-11,14,21H,12-13H2,1-8H3. The van der Waals surface area contributed by atoms with Gasteiger partial charge in [0.25, 0.3) is 0 Å². The zero-order valence-electron chi connectivity index (χ0n) is 15.6. The van der Waals surface area contributed by atoms with Gasteiger partial charge in [-0.15, -0.1) is 0 Å². The first-order chi connectivity index (χ1) is 9.91. The molecule has 0 spiro atoms. The van der Waals surface area contributed by atoms with Crippen molar-refractivity contribution in [2.24, 2.45) is 5.41 Å². The fourth-order valence-electron chi connectivity index (χ4n) is 2.40. The summed E-state index contributed by atoms with van der Waals surface area (Å²) in [5.41, 5.74) is 3.61. The number of benzene rings is 1. The Morgan fingerprint density at radius 2 is 1.68 bits per heavy atom. The molecule has 0 saturated heterocycles. The molecular formula is C20H33NO. The summed E-state index contributed by atoms with van der Waals surface area (Å²) in [6, 6.07) is 6.97. The number of Topliss-reactive ketones (excluding diaryl/α,β-unsaturated/α-hetero) is 1. The highest BCUT2D eigenvalue weighted by Crippen LogP contribution is 2.28. The zero-order chi connectivity index (χ0) is 17.1. The lowest BCUT2D eigenvalue weighted by Gasteiger charge is -2.25. The van der Waals surface area contributed by atoms with Crippen molar-refractivity contribution >= 4 is 5.78 Å². The minimum atomic E-state index is -0.279. The van der Waals surface area contributed by atoms with E-state index >= 15 is 0 Å². The van der Waals surface area contributed by atoms with Gasteiger partial charge in [0.1, 0.15) is 5.78 Å². The Labute approximate surface area is 136 Å². The topological polar surface area (TPSA) is 29.1 Å². The molecule has 0 aromatic heterocycles. The van der Waals surface area contributed by atoms with Crippen LogP contribution in [0.4, 0.5) is 0 Å². The van der Waals surface area contributed by atoms with Gasteiger partial charge >= 0.3 is 0 Å². The lowest BCUT2D eigenvalue weighted by molar-refractivity contribution is -0.125. The van der Waals surface area contributed by atoms with Crippen LogP contribution in [-0.4, -0.2) is 11.8 Å². The number of ketones is 1. The SMILES string of the molecule is CC(C)NCc1cc(CC(=O)C(C)(C)C)ccc1C(C)(C)C. The van der Waals surface area contributed by atoms with Crippen LogP contribution in [0.1, 0.15) is 72.1 Å². The third-order valence-electron chi connectivity index (χ3n) is 3.88. The molecule has 0 amide bonds. The van der Waals surface area contributed by atoms with Crippen molar-refractivity contribution < 1.29 is 4.79 Å². The molecule has 0 unspecified atom stereocenters. The number of rotatable bonds is 5. The molecule has 2 heteroatoms.